The number of nitrogens with zero attached hydrogens (tertiary/aromatic N) is 3. The second kappa shape index (κ2) is 8.52. The van der Waals surface area contributed by atoms with Crippen LogP contribution in [0.15, 0.2) is 22.6 Å². The van der Waals surface area contributed by atoms with Crippen LogP contribution in [0.25, 0.3) is 22.1 Å². The van der Waals surface area contributed by atoms with E-state index in [4.69, 9.17) is 31.7 Å². The first-order valence-corrected chi connectivity index (χ1v) is 9.41. The van der Waals surface area contributed by atoms with Gasteiger partial charge in [-0.2, -0.15) is 18.2 Å². The number of likely N-dealkylation sites (N-methyl/N-ethyl adjacent to an activating group) is 1. The summed E-state index contributed by atoms with van der Waals surface area (Å²) in [6.07, 6.45) is -4.01. The number of nitrogen functional groups attached to an aromatic ring is 1. The Hall–Kier alpha value is -2.79. The SMILES string of the molecule is CCN[C@@H]1CCN(c2nc(N)nc3c2oc2ccc(Cl)cc23)C1.O=C(O)C(F)(F)F. The van der Waals surface area contributed by atoms with Crippen LogP contribution in [-0.4, -0.2) is 52.9 Å². The van der Waals surface area contributed by atoms with Crippen molar-refractivity contribution < 1.29 is 27.5 Å². The second-order valence-electron chi connectivity index (χ2n) is 6.62. The van der Waals surface area contributed by atoms with Crippen LogP contribution in [0, 0.1) is 0 Å². The number of aromatic nitrogens is 2. The van der Waals surface area contributed by atoms with E-state index in [1.165, 1.54) is 0 Å². The lowest BCUT2D eigenvalue weighted by Gasteiger charge is -2.17. The summed E-state index contributed by atoms with van der Waals surface area (Å²) < 4.78 is 37.7. The van der Waals surface area contributed by atoms with Crippen molar-refractivity contribution in [2.45, 2.75) is 25.6 Å². The molecule has 1 fully saturated rings. The van der Waals surface area contributed by atoms with Crippen molar-refractivity contribution in [3.8, 4) is 0 Å². The number of halogens is 4. The van der Waals surface area contributed by atoms with Crippen LogP contribution >= 0.6 is 11.6 Å². The third-order valence-corrected chi connectivity index (χ3v) is 4.73. The van der Waals surface area contributed by atoms with Gasteiger partial charge < -0.3 is 25.5 Å². The zero-order valence-corrected chi connectivity index (χ0v) is 16.6. The molecule has 12 heteroatoms. The van der Waals surface area contributed by atoms with Gasteiger partial charge in [0.05, 0.1) is 0 Å². The zero-order chi connectivity index (χ0) is 22.1. The van der Waals surface area contributed by atoms with Gasteiger partial charge in [0.25, 0.3) is 0 Å². The normalized spacial score (nSPS) is 16.7. The predicted molar refractivity (Wildman–Crippen MR) is 107 cm³/mol. The van der Waals surface area contributed by atoms with Crippen LogP contribution in [0.4, 0.5) is 24.9 Å². The monoisotopic (exact) mass is 445 g/mol. The molecule has 3 aromatic rings. The van der Waals surface area contributed by atoms with E-state index in [2.05, 4.69) is 27.1 Å². The van der Waals surface area contributed by atoms with Gasteiger partial charge in [0.15, 0.2) is 11.4 Å². The molecule has 0 saturated carbocycles. The minimum atomic E-state index is -5.08. The average molecular weight is 446 g/mol. The quantitative estimate of drug-likeness (QED) is 0.561. The van der Waals surface area contributed by atoms with Gasteiger partial charge in [-0.3, -0.25) is 0 Å². The molecule has 1 saturated heterocycles. The van der Waals surface area contributed by atoms with Gasteiger partial charge in [-0.05, 0) is 31.2 Å². The van der Waals surface area contributed by atoms with Crippen molar-refractivity contribution in [3.05, 3.63) is 23.2 Å². The number of carbonyl (C=O) groups is 1. The summed E-state index contributed by atoms with van der Waals surface area (Å²) in [6, 6.07) is 5.97. The second-order valence-corrected chi connectivity index (χ2v) is 7.05. The van der Waals surface area contributed by atoms with E-state index in [-0.39, 0.29) is 5.95 Å². The number of rotatable bonds is 3. The Bertz CT molecular complexity index is 1070. The highest BCUT2D eigenvalue weighted by molar-refractivity contribution is 6.31. The maximum absolute atomic E-state index is 10.6. The van der Waals surface area contributed by atoms with Crippen molar-refractivity contribution >= 4 is 51.4 Å². The Morgan fingerprint density at radius 1 is 1.43 bits per heavy atom. The standard InChI is InChI=1S/C16H18ClN5O.C2HF3O2/c1-2-19-10-5-6-22(8-10)15-14-13(20-16(18)21-15)11-7-9(17)3-4-12(11)23-14;3-2(4,5)1(6)7/h3-4,7,10,19H,2,5-6,8H2,1H3,(H2,18,20,21);(H,6,7)/t10-;/m1./s1. The van der Waals surface area contributed by atoms with Crippen molar-refractivity contribution in [1.29, 1.82) is 0 Å². The number of aliphatic carboxylic acids is 1. The Balaban J connectivity index is 0.000000318. The molecule has 4 N–H and O–H groups in total. The summed E-state index contributed by atoms with van der Waals surface area (Å²) in [5, 5.41) is 12.1. The van der Waals surface area contributed by atoms with E-state index < -0.39 is 12.1 Å². The molecule has 4 rings (SSSR count). The molecule has 3 heterocycles. The summed E-state index contributed by atoms with van der Waals surface area (Å²) in [6.45, 7) is 4.88. The fourth-order valence-corrected chi connectivity index (χ4v) is 3.41. The maximum atomic E-state index is 10.6. The Labute approximate surface area is 173 Å². The van der Waals surface area contributed by atoms with E-state index >= 15 is 0 Å². The predicted octanol–water partition coefficient (Wildman–Crippen LogP) is 3.43. The van der Waals surface area contributed by atoms with Crippen LogP contribution in [0.1, 0.15) is 13.3 Å². The van der Waals surface area contributed by atoms with E-state index in [9.17, 15) is 13.2 Å². The molecule has 0 aliphatic carbocycles. The molecular weight excluding hydrogens is 427 g/mol. The Kier molecular flexibility index (Phi) is 6.22. The molecule has 1 atom stereocenters. The van der Waals surface area contributed by atoms with Gasteiger partial charge in [-0.1, -0.05) is 18.5 Å². The highest BCUT2D eigenvalue weighted by atomic mass is 35.5. The first kappa shape index (κ1) is 21.9. The Morgan fingerprint density at radius 3 is 2.77 bits per heavy atom. The minimum absolute atomic E-state index is 0.252. The molecule has 30 heavy (non-hydrogen) atoms. The fourth-order valence-electron chi connectivity index (χ4n) is 3.24. The van der Waals surface area contributed by atoms with Crippen LogP contribution in [-0.2, 0) is 4.79 Å². The molecule has 0 amide bonds. The number of anilines is 2. The molecule has 8 nitrogen and oxygen atoms in total. The van der Waals surface area contributed by atoms with Crippen LogP contribution in [0.2, 0.25) is 5.02 Å². The topological polar surface area (TPSA) is 118 Å². The number of nitrogens with one attached hydrogen (secondary N) is 1. The van der Waals surface area contributed by atoms with Gasteiger partial charge in [-0.25, -0.2) is 9.78 Å². The summed E-state index contributed by atoms with van der Waals surface area (Å²) in [5.74, 6) is -1.74. The third-order valence-electron chi connectivity index (χ3n) is 4.50. The molecule has 1 aliphatic heterocycles. The molecule has 1 aliphatic rings. The van der Waals surface area contributed by atoms with E-state index in [0.717, 1.165) is 48.4 Å². The van der Waals surface area contributed by atoms with Crippen molar-refractivity contribution in [1.82, 2.24) is 15.3 Å². The molecule has 0 unspecified atom stereocenters. The summed E-state index contributed by atoms with van der Waals surface area (Å²) in [4.78, 5) is 19.9. The van der Waals surface area contributed by atoms with Gasteiger partial charge in [0.1, 0.15) is 11.1 Å². The summed E-state index contributed by atoms with van der Waals surface area (Å²) >= 11 is 6.10. The van der Waals surface area contributed by atoms with E-state index in [1.54, 1.807) is 6.07 Å². The fraction of sp³-hybridized carbons (Fsp3) is 0.389. The first-order chi connectivity index (χ1) is 14.1. The first-order valence-electron chi connectivity index (χ1n) is 9.03. The van der Waals surface area contributed by atoms with Crippen LogP contribution < -0.4 is 16.0 Å². The lowest BCUT2D eigenvalue weighted by Crippen LogP contribution is -2.32. The summed E-state index contributed by atoms with van der Waals surface area (Å²) in [5.41, 5.74) is 8.07. The molecule has 0 spiro atoms. The van der Waals surface area contributed by atoms with Gasteiger partial charge in [-0.15, -0.1) is 0 Å². The highest BCUT2D eigenvalue weighted by Gasteiger charge is 2.38. The highest BCUT2D eigenvalue weighted by Crippen LogP contribution is 2.35. The Morgan fingerprint density at radius 2 is 2.13 bits per heavy atom. The number of alkyl halides is 3. The molecule has 1 aromatic carbocycles. The zero-order valence-electron chi connectivity index (χ0n) is 15.8. The van der Waals surface area contributed by atoms with Gasteiger partial charge >= 0.3 is 12.1 Å². The smallest absolute Gasteiger partial charge is 0.475 e. The molecule has 162 valence electrons. The number of hydrogen-bond acceptors (Lipinski definition) is 7. The molecule has 0 bridgehead atoms. The third kappa shape index (κ3) is 4.68. The number of carboxylic acids is 1. The average Bonchev–Trinajstić information content (AvgIpc) is 3.26. The van der Waals surface area contributed by atoms with Gasteiger partial charge in [0.2, 0.25) is 5.95 Å². The molecule has 2 aromatic heterocycles. The summed E-state index contributed by atoms with van der Waals surface area (Å²) in [7, 11) is 0. The lowest BCUT2D eigenvalue weighted by molar-refractivity contribution is -0.192. The van der Waals surface area contributed by atoms with E-state index in [0.29, 0.717) is 16.6 Å². The minimum Gasteiger partial charge on any atom is -0.475 e. The van der Waals surface area contributed by atoms with Crippen LogP contribution in [0.5, 0.6) is 0 Å². The largest absolute Gasteiger partial charge is 0.490 e. The maximum Gasteiger partial charge on any atom is 0.490 e. The van der Waals surface area contributed by atoms with Crippen LogP contribution in [0.3, 0.4) is 0 Å². The molecular formula is C18H19ClF3N5O3. The van der Waals surface area contributed by atoms with Crippen molar-refractivity contribution in [3.63, 3.8) is 0 Å². The number of benzene rings is 1. The number of fused-ring (bicyclic) bond motifs is 3. The van der Waals surface area contributed by atoms with E-state index in [1.807, 2.05) is 12.1 Å². The number of hydrogen-bond donors (Lipinski definition) is 3. The number of carboxylic acid groups (broad SMARTS) is 1. The lowest BCUT2D eigenvalue weighted by atomic mass is 10.2. The van der Waals surface area contributed by atoms with Crippen molar-refractivity contribution in [2.75, 3.05) is 30.3 Å². The molecule has 0 radical (unpaired) electrons. The van der Waals surface area contributed by atoms with Crippen molar-refractivity contribution in [2.24, 2.45) is 0 Å². The number of nitrogens with two attached hydrogens (primary N) is 1. The van der Waals surface area contributed by atoms with Gasteiger partial charge in [0, 0.05) is 29.5 Å². The number of furan rings is 1.